The molecule has 0 spiro atoms. The van der Waals surface area contributed by atoms with Crippen LogP contribution in [0.15, 0.2) is 53.2 Å². The van der Waals surface area contributed by atoms with Crippen molar-refractivity contribution in [2.24, 2.45) is 0 Å². The summed E-state index contributed by atoms with van der Waals surface area (Å²) in [6.45, 7) is 3.42. The summed E-state index contributed by atoms with van der Waals surface area (Å²) in [4.78, 5) is 12.1. The zero-order chi connectivity index (χ0) is 18.4. The Kier molecular flexibility index (Phi) is 5.68. The lowest BCUT2D eigenvalue weighted by Crippen LogP contribution is -2.24. The number of nitrogens with zero attached hydrogens (tertiary/aromatic N) is 2. The lowest BCUT2D eigenvalue weighted by molar-refractivity contribution is 0.0920. The Labute approximate surface area is 150 Å². The van der Waals surface area contributed by atoms with Gasteiger partial charge in [-0.3, -0.25) is 9.48 Å². The summed E-state index contributed by atoms with van der Waals surface area (Å²) in [5, 5.41) is 7.01. The van der Waals surface area contributed by atoms with Gasteiger partial charge in [0.05, 0.1) is 6.20 Å². The number of ether oxygens (including phenoxy) is 1. The second kappa shape index (κ2) is 8.33. The van der Waals surface area contributed by atoms with E-state index in [9.17, 15) is 9.18 Å². The van der Waals surface area contributed by atoms with Crippen molar-refractivity contribution < 1.29 is 18.3 Å². The lowest BCUT2D eigenvalue weighted by Gasteiger charge is -2.05. The van der Waals surface area contributed by atoms with E-state index >= 15 is 0 Å². The van der Waals surface area contributed by atoms with Gasteiger partial charge in [-0.25, -0.2) is 4.39 Å². The zero-order valence-corrected chi connectivity index (χ0v) is 14.4. The molecule has 0 aliphatic rings. The second-order valence-corrected chi connectivity index (χ2v) is 5.90. The van der Waals surface area contributed by atoms with Crippen LogP contribution in [0.5, 0.6) is 5.75 Å². The van der Waals surface area contributed by atoms with Crippen LogP contribution in [0.25, 0.3) is 0 Å². The molecule has 3 rings (SSSR count). The third kappa shape index (κ3) is 4.95. The molecule has 1 aromatic carbocycles. The van der Waals surface area contributed by atoms with Crippen LogP contribution < -0.4 is 10.1 Å². The number of rotatable bonds is 8. The average molecular weight is 357 g/mol. The standard InChI is InChI=1S/C19H20FN3O3/c1-14-11-22-23(12-14)10-2-9-21-19(24)18-8-7-17(26-18)13-25-16-5-3-15(20)4-6-16/h3-8,11-12H,2,9-10,13H2,1H3,(H,21,24). The first-order chi connectivity index (χ1) is 12.6. The molecule has 0 unspecified atom stereocenters. The summed E-state index contributed by atoms with van der Waals surface area (Å²) < 4.78 is 25.7. The molecule has 2 aromatic heterocycles. The molecular formula is C19H20FN3O3. The topological polar surface area (TPSA) is 69.3 Å². The summed E-state index contributed by atoms with van der Waals surface area (Å²) >= 11 is 0. The predicted octanol–water partition coefficient (Wildman–Crippen LogP) is 3.32. The Morgan fingerprint density at radius 1 is 1.27 bits per heavy atom. The van der Waals surface area contributed by atoms with Gasteiger partial charge < -0.3 is 14.5 Å². The van der Waals surface area contributed by atoms with Gasteiger partial charge in [-0.05, 0) is 55.3 Å². The van der Waals surface area contributed by atoms with Crippen molar-refractivity contribution in [2.45, 2.75) is 26.5 Å². The minimum atomic E-state index is -0.322. The molecule has 1 amide bonds. The Hall–Kier alpha value is -3.09. The minimum Gasteiger partial charge on any atom is -0.486 e. The van der Waals surface area contributed by atoms with Gasteiger partial charge in [0.2, 0.25) is 0 Å². The maximum atomic E-state index is 12.8. The average Bonchev–Trinajstić information content (AvgIpc) is 3.27. The Morgan fingerprint density at radius 3 is 2.81 bits per heavy atom. The summed E-state index contributed by atoms with van der Waals surface area (Å²) in [6, 6.07) is 9.00. The second-order valence-electron chi connectivity index (χ2n) is 5.90. The summed E-state index contributed by atoms with van der Waals surface area (Å²) in [6.07, 6.45) is 4.53. The fourth-order valence-corrected chi connectivity index (χ4v) is 2.38. The van der Waals surface area contributed by atoms with E-state index in [1.165, 1.54) is 24.3 Å². The first-order valence-corrected chi connectivity index (χ1v) is 8.34. The molecule has 6 nitrogen and oxygen atoms in total. The van der Waals surface area contributed by atoms with Crippen molar-refractivity contribution in [3.63, 3.8) is 0 Å². The van der Waals surface area contributed by atoms with Crippen LogP contribution in [0.1, 0.15) is 28.3 Å². The third-order valence-electron chi connectivity index (χ3n) is 3.69. The number of furan rings is 1. The van der Waals surface area contributed by atoms with Crippen LogP contribution in [0.3, 0.4) is 0 Å². The highest BCUT2D eigenvalue weighted by Crippen LogP contribution is 2.15. The van der Waals surface area contributed by atoms with Crippen molar-refractivity contribution >= 4 is 5.91 Å². The number of aromatic nitrogens is 2. The largest absolute Gasteiger partial charge is 0.486 e. The fraction of sp³-hybridized carbons (Fsp3) is 0.263. The Morgan fingerprint density at radius 2 is 2.08 bits per heavy atom. The molecule has 0 aliphatic heterocycles. The number of amides is 1. The SMILES string of the molecule is Cc1cnn(CCCNC(=O)c2ccc(COc3ccc(F)cc3)o2)c1. The molecule has 0 bridgehead atoms. The molecule has 0 fully saturated rings. The Bertz CT molecular complexity index is 855. The number of hydrogen-bond donors (Lipinski definition) is 1. The van der Waals surface area contributed by atoms with E-state index in [2.05, 4.69) is 10.4 Å². The van der Waals surface area contributed by atoms with E-state index in [1.807, 2.05) is 17.8 Å². The molecule has 0 saturated carbocycles. The van der Waals surface area contributed by atoms with Gasteiger partial charge in [0.1, 0.15) is 23.9 Å². The van der Waals surface area contributed by atoms with E-state index < -0.39 is 0 Å². The van der Waals surface area contributed by atoms with Gasteiger partial charge in [-0.15, -0.1) is 0 Å². The summed E-state index contributed by atoms with van der Waals surface area (Å²) in [7, 11) is 0. The van der Waals surface area contributed by atoms with Crippen molar-refractivity contribution in [3.05, 3.63) is 71.7 Å². The smallest absolute Gasteiger partial charge is 0.286 e. The molecule has 0 atom stereocenters. The molecule has 0 aliphatic carbocycles. The van der Waals surface area contributed by atoms with Crippen LogP contribution in [-0.2, 0) is 13.2 Å². The van der Waals surface area contributed by atoms with Crippen LogP contribution in [0.4, 0.5) is 4.39 Å². The van der Waals surface area contributed by atoms with Crippen molar-refractivity contribution in [1.29, 1.82) is 0 Å². The maximum absolute atomic E-state index is 12.8. The minimum absolute atomic E-state index is 0.164. The highest BCUT2D eigenvalue weighted by molar-refractivity contribution is 5.91. The summed E-state index contributed by atoms with van der Waals surface area (Å²) in [5.74, 6) is 0.693. The van der Waals surface area contributed by atoms with E-state index in [-0.39, 0.29) is 24.1 Å². The molecule has 0 radical (unpaired) electrons. The quantitative estimate of drug-likeness (QED) is 0.628. The lowest BCUT2D eigenvalue weighted by atomic mass is 10.3. The van der Waals surface area contributed by atoms with Crippen molar-refractivity contribution in [3.8, 4) is 5.75 Å². The number of halogens is 1. The van der Waals surface area contributed by atoms with Gasteiger partial charge in [0.25, 0.3) is 5.91 Å². The molecule has 7 heteroatoms. The van der Waals surface area contributed by atoms with Crippen LogP contribution in [0.2, 0.25) is 0 Å². The molecule has 2 heterocycles. The van der Waals surface area contributed by atoms with Crippen LogP contribution in [-0.4, -0.2) is 22.2 Å². The van der Waals surface area contributed by atoms with E-state index in [0.717, 1.165) is 18.5 Å². The van der Waals surface area contributed by atoms with E-state index in [0.29, 0.717) is 18.1 Å². The number of benzene rings is 1. The first kappa shape index (κ1) is 17.7. The molecule has 136 valence electrons. The summed E-state index contributed by atoms with van der Waals surface area (Å²) in [5.41, 5.74) is 1.11. The van der Waals surface area contributed by atoms with Gasteiger partial charge in [-0.1, -0.05) is 0 Å². The van der Waals surface area contributed by atoms with Crippen molar-refractivity contribution in [1.82, 2.24) is 15.1 Å². The van der Waals surface area contributed by atoms with Crippen molar-refractivity contribution in [2.75, 3.05) is 6.54 Å². The van der Waals surface area contributed by atoms with Gasteiger partial charge in [0.15, 0.2) is 5.76 Å². The Balaban J connectivity index is 1.41. The van der Waals surface area contributed by atoms with Crippen LogP contribution in [0, 0.1) is 12.7 Å². The molecule has 1 N–H and O–H groups in total. The van der Waals surface area contributed by atoms with Crippen LogP contribution >= 0.6 is 0 Å². The number of aryl methyl sites for hydroxylation is 2. The molecular weight excluding hydrogens is 337 g/mol. The molecule has 0 saturated heterocycles. The number of hydrogen-bond acceptors (Lipinski definition) is 4. The zero-order valence-electron chi connectivity index (χ0n) is 14.4. The fourth-order valence-electron chi connectivity index (χ4n) is 2.38. The normalized spacial score (nSPS) is 10.7. The monoisotopic (exact) mass is 357 g/mol. The number of nitrogens with one attached hydrogen (secondary N) is 1. The molecule has 26 heavy (non-hydrogen) atoms. The van der Waals surface area contributed by atoms with E-state index in [4.69, 9.17) is 9.15 Å². The molecule has 3 aromatic rings. The highest BCUT2D eigenvalue weighted by Gasteiger charge is 2.11. The van der Waals surface area contributed by atoms with Gasteiger partial charge in [0, 0.05) is 19.3 Å². The first-order valence-electron chi connectivity index (χ1n) is 8.34. The van der Waals surface area contributed by atoms with E-state index in [1.54, 1.807) is 18.3 Å². The van der Waals surface area contributed by atoms with Gasteiger partial charge in [-0.2, -0.15) is 5.10 Å². The maximum Gasteiger partial charge on any atom is 0.286 e. The third-order valence-corrected chi connectivity index (χ3v) is 3.69. The van der Waals surface area contributed by atoms with Gasteiger partial charge >= 0.3 is 0 Å². The number of carbonyl (C=O) groups excluding carboxylic acids is 1. The highest BCUT2D eigenvalue weighted by atomic mass is 19.1. The number of carbonyl (C=O) groups is 1. The predicted molar refractivity (Wildman–Crippen MR) is 93.4 cm³/mol.